The molecule has 2 unspecified atom stereocenters. The molecule has 0 aliphatic carbocycles. The maximum absolute atomic E-state index is 12.4. The largest absolute Gasteiger partial charge is 0.347 e. The Labute approximate surface area is 112 Å². The highest BCUT2D eigenvalue weighted by atomic mass is 32.1. The number of hydrogen-bond donors (Lipinski definition) is 2. The SMILES string of the molecule is CCC1(C(=O)NC(C)c2nc(C)cs2)CCNC1. The molecule has 0 saturated carbocycles. The van der Waals surface area contributed by atoms with Crippen LogP contribution in [0.15, 0.2) is 5.38 Å². The van der Waals surface area contributed by atoms with E-state index in [1.165, 1.54) is 0 Å². The number of carbonyl (C=O) groups excluding carboxylic acids is 1. The van der Waals surface area contributed by atoms with Gasteiger partial charge in [0.25, 0.3) is 0 Å². The van der Waals surface area contributed by atoms with E-state index < -0.39 is 0 Å². The lowest BCUT2D eigenvalue weighted by Crippen LogP contribution is -2.43. The molecule has 2 rings (SSSR count). The summed E-state index contributed by atoms with van der Waals surface area (Å²) in [4.78, 5) is 16.8. The van der Waals surface area contributed by atoms with Gasteiger partial charge in [-0.3, -0.25) is 4.79 Å². The van der Waals surface area contributed by atoms with Crippen molar-refractivity contribution in [3.8, 4) is 0 Å². The fourth-order valence-electron chi connectivity index (χ4n) is 2.38. The average Bonchev–Trinajstić information content (AvgIpc) is 2.97. The van der Waals surface area contributed by atoms with Gasteiger partial charge in [-0.05, 0) is 33.2 Å². The fraction of sp³-hybridized carbons (Fsp3) is 0.692. The van der Waals surface area contributed by atoms with Gasteiger partial charge in [0, 0.05) is 17.6 Å². The third-order valence-electron chi connectivity index (χ3n) is 3.76. The topological polar surface area (TPSA) is 54.0 Å². The van der Waals surface area contributed by atoms with Crippen LogP contribution in [0.5, 0.6) is 0 Å². The number of rotatable bonds is 4. The third-order valence-corrected chi connectivity index (χ3v) is 4.90. The molecule has 0 radical (unpaired) electrons. The number of aryl methyl sites for hydroxylation is 1. The molecule has 5 heteroatoms. The summed E-state index contributed by atoms with van der Waals surface area (Å²) < 4.78 is 0. The first-order valence-corrected chi connectivity index (χ1v) is 7.39. The Balaban J connectivity index is 2.02. The van der Waals surface area contributed by atoms with Crippen LogP contribution in [0.2, 0.25) is 0 Å². The molecule has 2 N–H and O–H groups in total. The first-order valence-electron chi connectivity index (χ1n) is 6.51. The molecule has 1 aliphatic heterocycles. The molecule has 0 spiro atoms. The zero-order valence-corrected chi connectivity index (χ0v) is 12.1. The van der Waals surface area contributed by atoms with Crippen molar-refractivity contribution >= 4 is 17.2 Å². The highest BCUT2D eigenvalue weighted by Gasteiger charge is 2.39. The van der Waals surface area contributed by atoms with Crippen LogP contribution >= 0.6 is 11.3 Å². The third kappa shape index (κ3) is 2.57. The van der Waals surface area contributed by atoms with Gasteiger partial charge in [-0.2, -0.15) is 0 Å². The van der Waals surface area contributed by atoms with Crippen molar-refractivity contribution in [2.24, 2.45) is 5.41 Å². The summed E-state index contributed by atoms with van der Waals surface area (Å²) in [6, 6.07) is 0.000208. The molecule has 1 aromatic rings. The minimum absolute atomic E-state index is 0.000208. The van der Waals surface area contributed by atoms with Gasteiger partial charge >= 0.3 is 0 Å². The lowest BCUT2D eigenvalue weighted by Gasteiger charge is -2.26. The predicted molar refractivity (Wildman–Crippen MR) is 73.6 cm³/mol. The first kappa shape index (κ1) is 13.5. The van der Waals surface area contributed by atoms with E-state index in [1.54, 1.807) is 11.3 Å². The van der Waals surface area contributed by atoms with Gasteiger partial charge in [-0.25, -0.2) is 4.98 Å². The molecule has 1 saturated heterocycles. The van der Waals surface area contributed by atoms with E-state index in [2.05, 4.69) is 22.5 Å². The minimum atomic E-state index is -0.222. The molecular formula is C13H21N3OS. The van der Waals surface area contributed by atoms with E-state index in [0.717, 1.165) is 36.6 Å². The maximum Gasteiger partial charge on any atom is 0.228 e. The summed E-state index contributed by atoms with van der Waals surface area (Å²) in [7, 11) is 0. The van der Waals surface area contributed by atoms with Crippen molar-refractivity contribution in [3.05, 3.63) is 16.1 Å². The Morgan fingerprint density at radius 1 is 1.72 bits per heavy atom. The monoisotopic (exact) mass is 267 g/mol. The number of nitrogens with zero attached hydrogens (tertiary/aromatic N) is 1. The van der Waals surface area contributed by atoms with Crippen molar-refractivity contribution in [2.75, 3.05) is 13.1 Å². The Morgan fingerprint density at radius 3 is 3.00 bits per heavy atom. The smallest absolute Gasteiger partial charge is 0.228 e. The highest BCUT2D eigenvalue weighted by molar-refractivity contribution is 7.09. The van der Waals surface area contributed by atoms with Gasteiger partial charge < -0.3 is 10.6 Å². The molecule has 18 heavy (non-hydrogen) atoms. The molecule has 1 amide bonds. The highest BCUT2D eigenvalue weighted by Crippen LogP contribution is 2.30. The van der Waals surface area contributed by atoms with Gasteiger partial charge in [0.05, 0.1) is 11.5 Å². The van der Waals surface area contributed by atoms with Crippen LogP contribution in [0.4, 0.5) is 0 Å². The van der Waals surface area contributed by atoms with Gasteiger partial charge in [0.15, 0.2) is 0 Å². The summed E-state index contributed by atoms with van der Waals surface area (Å²) >= 11 is 1.61. The molecule has 2 heterocycles. The van der Waals surface area contributed by atoms with E-state index >= 15 is 0 Å². The number of hydrogen-bond acceptors (Lipinski definition) is 4. The van der Waals surface area contributed by atoms with Crippen LogP contribution in [-0.4, -0.2) is 24.0 Å². The minimum Gasteiger partial charge on any atom is -0.347 e. The van der Waals surface area contributed by atoms with Crippen molar-refractivity contribution in [1.29, 1.82) is 0 Å². The van der Waals surface area contributed by atoms with E-state index in [4.69, 9.17) is 0 Å². The Kier molecular flexibility index (Phi) is 4.02. The summed E-state index contributed by atoms with van der Waals surface area (Å²) in [6.07, 6.45) is 1.81. The van der Waals surface area contributed by atoms with Crippen LogP contribution < -0.4 is 10.6 Å². The first-order chi connectivity index (χ1) is 8.57. The second-order valence-corrected chi connectivity index (χ2v) is 5.97. The van der Waals surface area contributed by atoms with Crippen LogP contribution in [0, 0.1) is 12.3 Å². The molecule has 1 aliphatic rings. The number of carbonyl (C=O) groups is 1. The van der Waals surface area contributed by atoms with Crippen molar-refractivity contribution < 1.29 is 4.79 Å². The van der Waals surface area contributed by atoms with Crippen LogP contribution in [-0.2, 0) is 4.79 Å². The number of thiazole rings is 1. The van der Waals surface area contributed by atoms with E-state index in [-0.39, 0.29) is 17.4 Å². The summed E-state index contributed by atoms with van der Waals surface area (Å²) in [5.74, 6) is 0.162. The molecule has 1 fully saturated rings. The van der Waals surface area contributed by atoms with E-state index in [0.29, 0.717) is 0 Å². The van der Waals surface area contributed by atoms with Crippen molar-refractivity contribution in [1.82, 2.24) is 15.6 Å². The summed E-state index contributed by atoms with van der Waals surface area (Å²) in [5.41, 5.74) is 0.796. The van der Waals surface area contributed by atoms with Gasteiger partial charge in [-0.15, -0.1) is 11.3 Å². The second-order valence-electron chi connectivity index (χ2n) is 5.08. The zero-order valence-electron chi connectivity index (χ0n) is 11.2. The lowest BCUT2D eigenvalue weighted by atomic mass is 9.83. The van der Waals surface area contributed by atoms with Crippen LogP contribution in [0.3, 0.4) is 0 Å². The second kappa shape index (κ2) is 5.36. The fourth-order valence-corrected chi connectivity index (χ4v) is 3.19. The average molecular weight is 267 g/mol. The Morgan fingerprint density at radius 2 is 2.50 bits per heavy atom. The summed E-state index contributed by atoms with van der Waals surface area (Å²) in [5, 5.41) is 9.40. The number of aromatic nitrogens is 1. The van der Waals surface area contributed by atoms with Crippen LogP contribution in [0.25, 0.3) is 0 Å². The molecule has 100 valence electrons. The standard InChI is InChI=1S/C13H21N3OS/c1-4-13(5-6-14-8-13)12(17)16-10(3)11-15-9(2)7-18-11/h7,10,14H,4-6,8H2,1-3H3,(H,16,17). The molecule has 0 aromatic carbocycles. The van der Waals surface area contributed by atoms with Crippen LogP contribution in [0.1, 0.15) is 43.4 Å². The van der Waals surface area contributed by atoms with E-state index in [1.807, 2.05) is 19.2 Å². The normalized spacial score (nSPS) is 25.1. The molecule has 4 nitrogen and oxygen atoms in total. The molecule has 1 aromatic heterocycles. The van der Waals surface area contributed by atoms with E-state index in [9.17, 15) is 4.79 Å². The van der Waals surface area contributed by atoms with Crippen molar-refractivity contribution in [3.63, 3.8) is 0 Å². The van der Waals surface area contributed by atoms with Gasteiger partial charge in [0.1, 0.15) is 5.01 Å². The molecule has 0 bridgehead atoms. The Hall–Kier alpha value is -0.940. The maximum atomic E-state index is 12.4. The number of nitrogens with one attached hydrogen (secondary N) is 2. The van der Waals surface area contributed by atoms with Gasteiger partial charge in [0.2, 0.25) is 5.91 Å². The quantitative estimate of drug-likeness (QED) is 0.877. The number of amides is 1. The lowest BCUT2D eigenvalue weighted by molar-refractivity contribution is -0.131. The molecule has 2 atom stereocenters. The van der Waals surface area contributed by atoms with Crippen molar-refractivity contribution in [2.45, 2.75) is 39.7 Å². The Bertz CT molecular complexity index is 424. The van der Waals surface area contributed by atoms with Gasteiger partial charge in [-0.1, -0.05) is 6.92 Å². The molecular weight excluding hydrogens is 246 g/mol. The summed E-state index contributed by atoms with van der Waals surface area (Å²) in [6.45, 7) is 7.79. The predicted octanol–water partition coefficient (Wildman–Crippen LogP) is 2.02. The zero-order chi connectivity index (χ0) is 13.2.